The summed E-state index contributed by atoms with van der Waals surface area (Å²) in [6.45, 7) is 2.99. The average molecular weight is 409 g/mol. The van der Waals surface area contributed by atoms with Crippen LogP contribution in [0.2, 0.25) is 0 Å². The number of likely N-dealkylation sites (tertiary alicyclic amines) is 1. The zero-order valence-corrected chi connectivity index (χ0v) is 15.7. The molecule has 0 spiro atoms. The van der Waals surface area contributed by atoms with Gasteiger partial charge in [0.15, 0.2) is 5.58 Å². The highest BCUT2D eigenvalue weighted by Gasteiger charge is 2.26. The molecule has 1 unspecified atom stereocenters. The molecule has 1 fully saturated rings. The summed E-state index contributed by atoms with van der Waals surface area (Å²) >= 11 is 3.53. The molecular formula is C20H17BrN4O. The van der Waals surface area contributed by atoms with E-state index in [1.54, 1.807) is 0 Å². The van der Waals surface area contributed by atoms with Crippen molar-refractivity contribution in [1.82, 2.24) is 19.9 Å². The third kappa shape index (κ3) is 2.89. The van der Waals surface area contributed by atoms with Crippen molar-refractivity contribution in [2.75, 3.05) is 13.1 Å². The molecule has 3 aromatic heterocycles. The summed E-state index contributed by atoms with van der Waals surface area (Å²) < 4.78 is 6.89. The van der Waals surface area contributed by atoms with Crippen molar-refractivity contribution in [1.29, 1.82) is 0 Å². The van der Waals surface area contributed by atoms with Gasteiger partial charge in [-0.15, -0.1) is 0 Å². The Morgan fingerprint density at radius 1 is 1.15 bits per heavy atom. The van der Waals surface area contributed by atoms with Crippen molar-refractivity contribution in [3.63, 3.8) is 0 Å². The maximum absolute atomic E-state index is 5.86. The van der Waals surface area contributed by atoms with Gasteiger partial charge in [-0.1, -0.05) is 15.9 Å². The first kappa shape index (κ1) is 15.9. The minimum absolute atomic E-state index is 0.360. The average Bonchev–Trinajstić information content (AvgIpc) is 3.26. The van der Waals surface area contributed by atoms with Gasteiger partial charge in [0.2, 0.25) is 0 Å². The first-order chi connectivity index (χ1) is 12.8. The number of hydrogen-bond donors (Lipinski definition) is 0. The molecular weight excluding hydrogens is 392 g/mol. The summed E-state index contributed by atoms with van der Waals surface area (Å²) in [7, 11) is 0. The number of nitrogens with zero attached hydrogens (tertiary/aromatic N) is 4. The highest BCUT2D eigenvalue weighted by molar-refractivity contribution is 9.10. The van der Waals surface area contributed by atoms with E-state index in [4.69, 9.17) is 9.40 Å². The number of rotatable bonds is 3. The lowest BCUT2D eigenvalue weighted by atomic mass is 10.1. The van der Waals surface area contributed by atoms with E-state index < -0.39 is 0 Å². The van der Waals surface area contributed by atoms with Crippen molar-refractivity contribution in [3.8, 4) is 0 Å². The van der Waals surface area contributed by atoms with E-state index in [0.717, 1.165) is 58.4 Å². The van der Waals surface area contributed by atoms with E-state index in [1.165, 1.54) is 5.56 Å². The molecule has 5 rings (SSSR count). The van der Waals surface area contributed by atoms with Crippen LogP contribution in [0.4, 0.5) is 0 Å². The fourth-order valence-corrected chi connectivity index (χ4v) is 4.04. The number of pyridine rings is 1. The van der Waals surface area contributed by atoms with Gasteiger partial charge in [0, 0.05) is 41.3 Å². The molecule has 130 valence electrons. The summed E-state index contributed by atoms with van der Waals surface area (Å²) in [6, 6.07) is 10.2. The van der Waals surface area contributed by atoms with Gasteiger partial charge in [0.05, 0.1) is 6.20 Å². The van der Waals surface area contributed by atoms with E-state index in [1.807, 2.05) is 30.7 Å². The number of furan rings is 1. The predicted molar refractivity (Wildman–Crippen MR) is 104 cm³/mol. The molecule has 0 aliphatic carbocycles. The lowest BCUT2D eigenvalue weighted by molar-refractivity contribution is 0.325. The Balaban J connectivity index is 1.42. The minimum atomic E-state index is 0.360. The molecule has 1 aromatic carbocycles. The van der Waals surface area contributed by atoms with Crippen LogP contribution < -0.4 is 0 Å². The van der Waals surface area contributed by atoms with Crippen LogP contribution in [0.25, 0.3) is 22.1 Å². The van der Waals surface area contributed by atoms with Crippen LogP contribution in [0.1, 0.15) is 23.7 Å². The fraction of sp³-hybridized carbons (Fsp3) is 0.250. The molecule has 0 bridgehead atoms. The van der Waals surface area contributed by atoms with Crippen LogP contribution in [-0.2, 0) is 6.54 Å². The van der Waals surface area contributed by atoms with Gasteiger partial charge in [-0.2, -0.15) is 0 Å². The Kier molecular flexibility index (Phi) is 3.94. The standard InChI is InChI=1S/C20H17BrN4O/c21-15-1-2-17-16(9-15)19-18(26-17)10-23-20(24-19)14-5-8-25(12-14)11-13-3-6-22-7-4-13/h1-4,6-7,9-10,14H,5,8,11-12H2. The second-order valence-electron chi connectivity index (χ2n) is 6.76. The van der Waals surface area contributed by atoms with Crippen molar-refractivity contribution < 1.29 is 4.42 Å². The van der Waals surface area contributed by atoms with Gasteiger partial charge in [-0.3, -0.25) is 9.88 Å². The second kappa shape index (κ2) is 6.45. The van der Waals surface area contributed by atoms with E-state index in [2.05, 4.69) is 49.0 Å². The Morgan fingerprint density at radius 3 is 2.92 bits per heavy atom. The lowest BCUT2D eigenvalue weighted by Gasteiger charge is -2.15. The van der Waals surface area contributed by atoms with E-state index in [0.29, 0.717) is 5.92 Å². The Bertz CT molecular complexity index is 1080. The highest BCUT2D eigenvalue weighted by Crippen LogP contribution is 2.32. The quantitative estimate of drug-likeness (QED) is 0.498. The molecule has 0 N–H and O–H groups in total. The fourth-order valence-electron chi connectivity index (χ4n) is 3.68. The lowest BCUT2D eigenvalue weighted by Crippen LogP contribution is -2.20. The number of fused-ring (bicyclic) bond motifs is 3. The minimum Gasteiger partial charge on any atom is -0.453 e. The molecule has 0 radical (unpaired) electrons. The van der Waals surface area contributed by atoms with Crippen molar-refractivity contribution in [2.45, 2.75) is 18.9 Å². The van der Waals surface area contributed by atoms with Gasteiger partial charge in [0.25, 0.3) is 0 Å². The molecule has 26 heavy (non-hydrogen) atoms. The summed E-state index contributed by atoms with van der Waals surface area (Å²) in [5, 5.41) is 1.03. The maximum Gasteiger partial charge on any atom is 0.172 e. The van der Waals surface area contributed by atoms with Gasteiger partial charge < -0.3 is 4.42 Å². The van der Waals surface area contributed by atoms with Crippen LogP contribution in [-0.4, -0.2) is 32.9 Å². The zero-order chi connectivity index (χ0) is 17.5. The SMILES string of the molecule is Brc1ccc2oc3cnc(C4CCN(Cc5ccncc5)C4)nc3c2c1. The monoisotopic (exact) mass is 408 g/mol. The molecule has 1 aliphatic heterocycles. The van der Waals surface area contributed by atoms with E-state index >= 15 is 0 Å². The number of halogens is 1. The van der Waals surface area contributed by atoms with E-state index in [9.17, 15) is 0 Å². The summed E-state index contributed by atoms with van der Waals surface area (Å²) in [4.78, 5) is 16.0. The molecule has 5 nitrogen and oxygen atoms in total. The largest absolute Gasteiger partial charge is 0.453 e. The highest BCUT2D eigenvalue weighted by atomic mass is 79.9. The molecule has 6 heteroatoms. The summed E-state index contributed by atoms with van der Waals surface area (Å²) in [5.41, 5.74) is 3.79. The zero-order valence-electron chi connectivity index (χ0n) is 14.1. The van der Waals surface area contributed by atoms with Crippen molar-refractivity contribution >= 4 is 38.0 Å². The first-order valence-corrected chi connectivity index (χ1v) is 9.51. The van der Waals surface area contributed by atoms with Crippen LogP contribution in [0.5, 0.6) is 0 Å². The Hall–Kier alpha value is -2.31. The Morgan fingerprint density at radius 2 is 2.04 bits per heavy atom. The molecule has 1 atom stereocenters. The molecule has 0 amide bonds. The number of aromatic nitrogens is 3. The third-order valence-electron chi connectivity index (χ3n) is 4.98. The van der Waals surface area contributed by atoms with Crippen LogP contribution in [0.3, 0.4) is 0 Å². The molecule has 4 aromatic rings. The third-order valence-corrected chi connectivity index (χ3v) is 5.48. The number of benzene rings is 1. The smallest absolute Gasteiger partial charge is 0.172 e. The van der Waals surface area contributed by atoms with Crippen LogP contribution in [0, 0.1) is 0 Å². The van der Waals surface area contributed by atoms with Crippen molar-refractivity contribution in [3.05, 3.63) is 64.8 Å². The van der Waals surface area contributed by atoms with Crippen LogP contribution in [0.15, 0.2) is 57.8 Å². The molecule has 4 heterocycles. The van der Waals surface area contributed by atoms with Gasteiger partial charge in [-0.25, -0.2) is 9.97 Å². The second-order valence-corrected chi connectivity index (χ2v) is 7.68. The topological polar surface area (TPSA) is 55.1 Å². The predicted octanol–water partition coefficient (Wildman–Crippen LogP) is 4.52. The number of hydrogen-bond acceptors (Lipinski definition) is 5. The molecule has 0 saturated carbocycles. The maximum atomic E-state index is 5.86. The first-order valence-electron chi connectivity index (χ1n) is 8.72. The van der Waals surface area contributed by atoms with Gasteiger partial charge >= 0.3 is 0 Å². The summed E-state index contributed by atoms with van der Waals surface area (Å²) in [5.74, 6) is 1.27. The molecule has 1 aliphatic rings. The van der Waals surface area contributed by atoms with Gasteiger partial charge in [-0.05, 0) is 48.9 Å². The normalized spacial score (nSPS) is 18.1. The molecule has 1 saturated heterocycles. The van der Waals surface area contributed by atoms with Crippen LogP contribution >= 0.6 is 15.9 Å². The summed E-state index contributed by atoms with van der Waals surface area (Å²) in [6.07, 6.45) is 6.59. The van der Waals surface area contributed by atoms with Gasteiger partial charge in [0.1, 0.15) is 16.9 Å². The van der Waals surface area contributed by atoms with E-state index in [-0.39, 0.29) is 0 Å². The van der Waals surface area contributed by atoms with Crippen molar-refractivity contribution in [2.24, 2.45) is 0 Å². The Labute approximate surface area is 159 Å².